The first-order chi connectivity index (χ1) is 11.2. The van der Waals surface area contributed by atoms with Gasteiger partial charge in [-0.3, -0.25) is 9.48 Å². The van der Waals surface area contributed by atoms with Gasteiger partial charge in [0.2, 0.25) is 0 Å². The molecule has 1 aromatic carbocycles. The summed E-state index contributed by atoms with van der Waals surface area (Å²) in [4.78, 5) is 12.6. The molecule has 1 amide bonds. The maximum absolute atomic E-state index is 12.6. The van der Waals surface area contributed by atoms with Crippen molar-refractivity contribution in [2.24, 2.45) is 7.05 Å². The molecule has 1 N–H and O–H groups in total. The van der Waals surface area contributed by atoms with Gasteiger partial charge < -0.3 is 5.32 Å². The number of nitrogens with one attached hydrogen (secondary N) is 1. The zero-order valence-electron chi connectivity index (χ0n) is 12.8. The van der Waals surface area contributed by atoms with Crippen LogP contribution in [0.1, 0.15) is 46.8 Å². The van der Waals surface area contributed by atoms with Crippen molar-refractivity contribution in [1.82, 2.24) is 23.8 Å². The minimum Gasteiger partial charge on any atom is -0.347 e. The number of benzene rings is 1. The minimum absolute atomic E-state index is 0.0768. The molecule has 23 heavy (non-hydrogen) atoms. The van der Waals surface area contributed by atoms with Crippen molar-refractivity contribution in [3.05, 3.63) is 41.2 Å². The molecule has 118 valence electrons. The third kappa shape index (κ3) is 2.50. The number of rotatable bonds is 4. The van der Waals surface area contributed by atoms with E-state index < -0.39 is 0 Å². The Labute approximate surface area is 137 Å². The van der Waals surface area contributed by atoms with Crippen LogP contribution in [0.3, 0.4) is 0 Å². The molecule has 1 fully saturated rings. The molecule has 2 heterocycles. The van der Waals surface area contributed by atoms with Gasteiger partial charge in [0.05, 0.1) is 17.9 Å². The average Bonchev–Trinajstić information content (AvgIpc) is 3.10. The maximum Gasteiger partial charge on any atom is 0.270 e. The molecule has 4 rings (SSSR count). The van der Waals surface area contributed by atoms with Crippen molar-refractivity contribution in [2.45, 2.75) is 31.7 Å². The van der Waals surface area contributed by atoms with Gasteiger partial charge in [-0.2, -0.15) is 13.8 Å². The van der Waals surface area contributed by atoms with Gasteiger partial charge >= 0.3 is 0 Å². The molecule has 1 saturated carbocycles. The van der Waals surface area contributed by atoms with Gasteiger partial charge in [-0.25, -0.2) is 0 Å². The number of carbonyl (C=O) groups is 1. The van der Waals surface area contributed by atoms with E-state index in [1.54, 1.807) is 4.68 Å². The maximum atomic E-state index is 12.6. The Morgan fingerprint density at radius 1 is 1.39 bits per heavy atom. The van der Waals surface area contributed by atoms with E-state index in [1.807, 2.05) is 31.4 Å². The van der Waals surface area contributed by atoms with Crippen molar-refractivity contribution in [1.29, 1.82) is 0 Å². The lowest BCUT2D eigenvalue weighted by atomic mass is 9.80. The van der Waals surface area contributed by atoms with Crippen molar-refractivity contribution in [3.63, 3.8) is 0 Å². The Balaban J connectivity index is 1.54. The Morgan fingerprint density at radius 3 is 3.04 bits per heavy atom. The summed E-state index contributed by atoms with van der Waals surface area (Å²) in [5, 5.41) is 7.28. The lowest BCUT2D eigenvalue weighted by Crippen LogP contribution is -2.27. The highest BCUT2D eigenvalue weighted by molar-refractivity contribution is 7.00. The third-order valence-electron chi connectivity index (χ3n) is 4.54. The molecule has 0 bridgehead atoms. The molecule has 0 spiro atoms. The standard InChI is InChI=1S/C16H17N5OS/c1-21-15(12(9-18-21)10-4-2-5-10)16(22)17-8-11-6-3-7-13-14(11)20-23-19-13/h3,6-7,9-10H,2,4-5,8H2,1H3,(H,17,22). The van der Waals surface area contributed by atoms with Gasteiger partial charge in [0.25, 0.3) is 5.91 Å². The number of fused-ring (bicyclic) bond motifs is 1. The van der Waals surface area contributed by atoms with Crippen LogP contribution in [0.15, 0.2) is 24.4 Å². The molecule has 1 aliphatic carbocycles. The highest BCUT2D eigenvalue weighted by Crippen LogP contribution is 2.37. The van der Waals surface area contributed by atoms with E-state index in [0.29, 0.717) is 18.2 Å². The van der Waals surface area contributed by atoms with E-state index in [-0.39, 0.29) is 5.91 Å². The molecular formula is C16H17N5OS. The second-order valence-electron chi connectivity index (χ2n) is 5.93. The lowest BCUT2D eigenvalue weighted by Gasteiger charge is -2.25. The summed E-state index contributed by atoms with van der Waals surface area (Å²) >= 11 is 1.19. The molecule has 2 aromatic heterocycles. The SMILES string of the molecule is Cn1ncc(C2CCC2)c1C(=O)NCc1cccc2nsnc12. The number of hydrogen-bond donors (Lipinski definition) is 1. The fourth-order valence-electron chi connectivity index (χ4n) is 3.01. The van der Waals surface area contributed by atoms with Gasteiger partial charge in [0.1, 0.15) is 16.7 Å². The van der Waals surface area contributed by atoms with Gasteiger partial charge in [-0.1, -0.05) is 18.6 Å². The molecular weight excluding hydrogens is 310 g/mol. The van der Waals surface area contributed by atoms with Crippen LogP contribution in [-0.2, 0) is 13.6 Å². The van der Waals surface area contributed by atoms with Crippen LogP contribution in [0.2, 0.25) is 0 Å². The van der Waals surface area contributed by atoms with Crippen LogP contribution in [-0.4, -0.2) is 24.4 Å². The highest BCUT2D eigenvalue weighted by Gasteiger charge is 2.27. The van der Waals surface area contributed by atoms with Crippen LogP contribution in [0.4, 0.5) is 0 Å². The van der Waals surface area contributed by atoms with Crippen molar-refractivity contribution in [3.8, 4) is 0 Å². The Morgan fingerprint density at radius 2 is 2.26 bits per heavy atom. The topological polar surface area (TPSA) is 72.7 Å². The number of aryl methyl sites for hydroxylation is 1. The van der Waals surface area contributed by atoms with E-state index in [4.69, 9.17) is 0 Å². The number of hydrogen-bond acceptors (Lipinski definition) is 5. The van der Waals surface area contributed by atoms with Crippen molar-refractivity contribution >= 4 is 28.7 Å². The monoisotopic (exact) mass is 327 g/mol. The first kappa shape index (κ1) is 14.3. The zero-order valence-corrected chi connectivity index (χ0v) is 13.6. The molecule has 0 unspecified atom stereocenters. The predicted molar refractivity (Wildman–Crippen MR) is 88.4 cm³/mol. The van der Waals surface area contributed by atoms with E-state index in [1.165, 1.54) is 18.1 Å². The largest absolute Gasteiger partial charge is 0.347 e. The van der Waals surface area contributed by atoms with Crippen LogP contribution in [0, 0.1) is 0 Å². The van der Waals surface area contributed by atoms with E-state index in [2.05, 4.69) is 19.2 Å². The van der Waals surface area contributed by atoms with Crippen LogP contribution in [0.5, 0.6) is 0 Å². The summed E-state index contributed by atoms with van der Waals surface area (Å²) in [6, 6.07) is 5.84. The summed E-state index contributed by atoms with van der Waals surface area (Å²) in [6.07, 6.45) is 5.37. The number of carbonyl (C=O) groups excluding carboxylic acids is 1. The van der Waals surface area contributed by atoms with E-state index in [9.17, 15) is 4.79 Å². The third-order valence-corrected chi connectivity index (χ3v) is 5.08. The normalized spacial score (nSPS) is 14.8. The number of aromatic nitrogens is 4. The van der Waals surface area contributed by atoms with Gasteiger partial charge in [-0.05, 0) is 24.8 Å². The van der Waals surface area contributed by atoms with Gasteiger partial charge in [-0.15, -0.1) is 0 Å². The van der Waals surface area contributed by atoms with E-state index >= 15 is 0 Å². The first-order valence-corrected chi connectivity index (χ1v) is 8.47. The predicted octanol–water partition coefficient (Wildman–Crippen LogP) is 2.62. The second-order valence-corrected chi connectivity index (χ2v) is 6.46. The molecule has 3 aromatic rings. The van der Waals surface area contributed by atoms with Gasteiger partial charge in [0.15, 0.2) is 0 Å². The fraction of sp³-hybridized carbons (Fsp3) is 0.375. The van der Waals surface area contributed by atoms with Gasteiger partial charge in [0, 0.05) is 24.7 Å². The first-order valence-electron chi connectivity index (χ1n) is 7.74. The minimum atomic E-state index is -0.0768. The second kappa shape index (κ2) is 5.73. The fourth-order valence-corrected chi connectivity index (χ4v) is 3.58. The van der Waals surface area contributed by atoms with Crippen molar-refractivity contribution in [2.75, 3.05) is 0 Å². The summed E-state index contributed by atoms with van der Waals surface area (Å²) in [7, 11) is 1.82. The molecule has 0 saturated heterocycles. The molecule has 7 heteroatoms. The summed E-state index contributed by atoms with van der Waals surface area (Å²) in [5.41, 5.74) is 4.47. The highest BCUT2D eigenvalue weighted by atomic mass is 32.1. The quantitative estimate of drug-likeness (QED) is 0.799. The smallest absolute Gasteiger partial charge is 0.270 e. The number of amides is 1. The summed E-state index contributed by atoms with van der Waals surface area (Å²) in [5.74, 6) is 0.405. The van der Waals surface area contributed by atoms with Crippen LogP contribution >= 0.6 is 11.7 Å². The molecule has 0 aliphatic heterocycles. The van der Waals surface area contributed by atoms with Crippen LogP contribution in [0.25, 0.3) is 11.0 Å². The Bertz CT molecular complexity index is 864. The molecule has 0 atom stereocenters. The van der Waals surface area contributed by atoms with E-state index in [0.717, 1.165) is 35.0 Å². The average molecular weight is 327 g/mol. The molecule has 1 aliphatic rings. The van der Waals surface area contributed by atoms with Crippen molar-refractivity contribution < 1.29 is 4.79 Å². The summed E-state index contributed by atoms with van der Waals surface area (Å²) < 4.78 is 10.2. The number of nitrogens with zero attached hydrogens (tertiary/aromatic N) is 4. The molecule has 6 nitrogen and oxygen atoms in total. The van der Waals surface area contributed by atoms with Crippen LogP contribution < -0.4 is 5.32 Å². The Hall–Kier alpha value is -2.28. The zero-order chi connectivity index (χ0) is 15.8. The summed E-state index contributed by atoms with van der Waals surface area (Å²) in [6.45, 7) is 0.441. The molecule has 0 radical (unpaired) electrons. The lowest BCUT2D eigenvalue weighted by molar-refractivity contribution is 0.0939. The Kier molecular flexibility index (Phi) is 3.57.